The molecule has 1 aliphatic rings. The fourth-order valence-corrected chi connectivity index (χ4v) is 2.21. The number of nitrogens with zero attached hydrogens (tertiary/aromatic N) is 1. The molecule has 3 heteroatoms. The maximum absolute atomic E-state index is 9.26. The highest BCUT2D eigenvalue weighted by molar-refractivity contribution is 5.28. The van der Waals surface area contributed by atoms with Gasteiger partial charge in [0, 0.05) is 12.3 Å². The molecule has 1 heterocycles. The lowest BCUT2D eigenvalue weighted by molar-refractivity contribution is 0.158. The summed E-state index contributed by atoms with van der Waals surface area (Å²) in [6.07, 6.45) is 5.72. The van der Waals surface area contributed by atoms with Crippen LogP contribution >= 0.6 is 0 Å². The van der Waals surface area contributed by atoms with Gasteiger partial charge in [-0.1, -0.05) is 13.8 Å². The Bertz CT molecular complexity index is 341. The molecule has 0 bridgehead atoms. The van der Waals surface area contributed by atoms with Crippen LogP contribution in [0.25, 0.3) is 0 Å². The maximum Gasteiger partial charge on any atom is 0.0663 e. The molecule has 1 aromatic heterocycles. The molecule has 15 heavy (non-hydrogen) atoms. The zero-order chi connectivity index (χ0) is 10.9. The molecule has 1 aliphatic carbocycles. The van der Waals surface area contributed by atoms with Crippen molar-refractivity contribution in [1.82, 2.24) is 10.2 Å². The number of aryl methyl sites for hydroxylation is 1. The lowest BCUT2D eigenvalue weighted by Crippen LogP contribution is -2.21. The van der Waals surface area contributed by atoms with Gasteiger partial charge in [0.1, 0.15) is 0 Å². The van der Waals surface area contributed by atoms with Crippen molar-refractivity contribution >= 4 is 0 Å². The molecule has 2 N–H and O–H groups in total. The van der Waals surface area contributed by atoms with Crippen molar-refractivity contribution in [2.75, 3.05) is 6.61 Å². The summed E-state index contributed by atoms with van der Waals surface area (Å²) in [7, 11) is 0. The van der Waals surface area contributed by atoms with Crippen LogP contribution in [0.5, 0.6) is 0 Å². The van der Waals surface area contributed by atoms with Crippen LogP contribution in [-0.4, -0.2) is 21.9 Å². The van der Waals surface area contributed by atoms with Crippen LogP contribution in [0.4, 0.5) is 0 Å². The van der Waals surface area contributed by atoms with E-state index < -0.39 is 0 Å². The van der Waals surface area contributed by atoms with Gasteiger partial charge >= 0.3 is 0 Å². The van der Waals surface area contributed by atoms with E-state index in [9.17, 15) is 5.11 Å². The van der Waals surface area contributed by atoms with Crippen LogP contribution in [0.3, 0.4) is 0 Å². The zero-order valence-electron chi connectivity index (χ0n) is 9.64. The number of H-pyrrole nitrogens is 1. The molecule has 2 rings (SSSR count). The molecule has 0 saturated carbocycles. The van der Waals surface area contributed by atoms with Gasteiger partial charge in [-0.15, -0.1) is 0 Å². The van der Waals surface area contributed by atoms with E-state index in [1.165, 1.54) is 29.8 Å². The number of hydrogen-bond acceptors (Lipinski definition) is 2. The van der Waals surface area contributed by atoms with Crippen LogP contribution in [-0.2, 0) is 19.3 Å². The number of aliphatic hydroxyl groups is 1. The third kappa shape index (κ3) is 2.23. The van der Waals surface area contributed by atoms with Gasteiger partial charge in [0.05, 0.1) is 5.69 Å². The molecule has 84 valence electrons. The zero-order valence-corrected chi connectivity index (χ0v) is 9.64. The van der Waals surface area contributed by atoms with Gasteiger partial charge in [0.2, 0.25) is 0 Å². The van der Waals surface area contributed by atoms with E-state index in [0.29, 0.717) is 0 Å². The lowest BCUT2D eigenvalue weighted by atomic mass is 9.85. The summed E-state index contributed by atoms with van der Waals surface area (Å²) in [5.41, 5.74) is 3.86. The van der Waals surface area contributed by atoms with Crippen molar-refractivity contribution in [3.05, 3.63) is 17.0 Å². The van der Waals surface area contributed by atoms with E-state index >= 15 is 0 Å². The monoisotopic (exact) mass is 208 g/mol. The molecular formula is C12H20N2O. The van der Waals surface area contributed by atoms with Crippen molar-refractivity contribution < 1.29 is 5.11 Å². The summed E-state index contributed by atoms with van der Waals surface area (Å²) in [6.45, 7) is 4.38. The van der Waals surface area contributed by atoms with Crippen molar-refractivity contribution in [2.24, 2.45) is 5.41 Å². The molecule has 0 spiro atoms. The van der Waals surface area contributed by atoms with E-state index in [1.807, 2.05) is 0 Å². The first kappa shape index (κ1) is 10.7. The second-order valence-electron chi connectivity index (χ2n) is 5.33. The Morgan fingerprint density at radius 3 is 2.80 bits per heavy atom. The molecule has 0 fully saturated rings. The normalized spacial score (nSPS) is 16.5. The smallest absolute Gasteiger partial charge is 0.0663 e. The SMILES string of the molecule is CC(C)(CO)Cc1n[nH]c2c1CCCC2. The highest BCUT2D eigenvalue weighted by Crippen LogP contribution is 2.27. The third-order valence-electron chi connectivity index (χ3n) is 3.22. The Morgan fingerprint density at radius 1 is 1.33 bits per heavy atom. The van der Waals surface area contributed by atoms with Crippen molar-refractivity contribution in [3.8, 4) is 0 Å². The molecule has 0 radical (unpaired) electrons. The van der Waals surface area contributed by atoms with Crippen LogP contribution < -0.4 is 0 Å². The lowest BCUT2D eigenvalue weighted by Gasteiger charge is -2.21. The summed E-state index contributed by atoms with van der Waals surface area (Å²) in [5.74, 6) is 0. The molecule has 0 unspecified atom stereocenters. The van der Waals surface area contributed by atoms with Gasteiger partial charge in [0.25, 0.3) is 0 Å². The molecule has 0 aromatic carbocycles. The topological polar surface area (TPSA) is 48.9 Å². The third-order valence-corrected chi connectivity index (χ3v) is 3.22. The van der Waals surface area contributed by atoms with Crippen LogP contribution in [0.15, 0.2) is 0 Å². The summed E-state index contributed by atoms with van der Waals surface area (Å²) in [5, 5.41) is 16.8. The average molecular weight is 208 g/mol. The first-order chi connectivity index (χ1) is 7.12. The number of hydrogen-bond donors (Lipinski definition) is 2. The van der Waals surface area contributed by atoms with Crippen LogP contribution in [0.1, 0.15) is 43.6 Å². The Labute approximate surface area is 90.9 Å². The van der Waals surface area contributed by atoms with Crippen molar-refractivity contribution in [2.45, 2.75) is 46.0 Å². The predicted octanol–water partition coefficient (Wildman–Crippen LogP) is 1.85. The highest BCUT2D eigenvalue weighted by atomic mass is 16.3. The largest absolute Gasteiger partial charge is 0.396 e. The Kier molecular flexibility index (Phi) is 2.83. The van der Waals surface area contributed by atoms with E-state index in [0.717, 1.165) is 19.3 Å². The molecule has 0 saturated heterocycles. The number of aliphatic hydroxyl groups excluding tert-OH is 1. The second-order valence-corrected chi connectivity index (χ2v) is 5.33. The predicted molar refractivity (Wildman–Crippen MR) is 59.8 cm³/mol. The Morgan fingerprint density at radius 2 is 2.07 bits per heavy atom. The van der Waals surface area contributed by atoms with Gasteiger partial charge in [-0.05, 0) is 43.1 Å². The van der Waals surface area contributed by atoms with Gasteiger partial charge in [-0.3, -0.25) is 5.10 Å². The van der Waals surface area contributed by atoms with Crippen molar-refractivity contribution in [3.63, 3.8) is 0 Å². The summed E-state index contributed by atoms with van der Waals surface area (Å²) in [4.78, 5) is 0. The first-order valence-electron chi connectivity index (χ1n) is 5.78. The molecule has 0 amide bonds. The minimum Gasteiger partial charge on any atom is -0.396 e. The van der Waals surface area contributed by atoms with E-state index in [1.54, 1.807) is 0 Å². The number of fused-ring (bicyclic) bond motifs is 1. The number of rotatable bonds is 3. The molecule has 3 nitrogen and oxygen atoms in total. The average Bonchev–Trinajstić information content (AvgIpc) is 2.62. The highest BCUT2D eigenvalue weighted by Gasteiger charge is 2.23. The molecule has 0 aliphatic heterocycles. The summed E-state index contributed by atoms with van der Waals surface area (Å²) >= 11 is 0. The van der Waals surface area contributed by atoms with Crippen molar-refractivity contribution in [1.29, 1.82) is 0 Å². The summed E-state index contributed by atoms with van der Waals surface area (Å²) in [6, 6.07) is 0. The minimum atomic E-state index is -0.0551. The van der Waals surface area contributed by atoms with Gasteiger partial charge in [-0.25, -0.2) is 0 Å². The van der Waals surface area contributed by atoms with E-state index in [2.05, 4.69) is 24.0 Å². The van der Waals surface area contributed by atoms with Gasteiger partial charge in [-0.2, -0.15) is 5.10 Å². The number of aromatic amines is 1. The first-order valence-corrected chi connectivity index (χ1v) is 5.78. The Balaban J connectivity index is 2.19. The molecule has 1 aromatic rings. The Hall–Kier alpha value is -0.830. The van der Waals surface area contributed by atoms with Gasteiger partial charge in [0.15, 0.2) is 0 Å². The van der Waals surface area contributed by atoms with Gasteiger partial charge < -0.3 is 5.11 Å². The van der Waals surface area contributed by atoms with E-state index in [4.69, 9.17) is 0 Å². The molecule has 0 atom stereocenters. The minimum absolute atomic E-state index is 0.0551. The second kappa shape index (κ2) is 3.97. The van der Waals surface area contributed by atoms with E-state index in [-0.39, 0.29) is 12.0 Å². The number of aromatic nitrogens is 2. The summed E-state index contributed by atoms with van der Waals surface area (Å²) < 4.78 is 0. The fraction of sp³-hybridized carbons (Fsp3) is 0.750. The standard InChI is InChI=1S/C12H20N2O/c1-12(2,8-15)7-11-9-5-3-4-6-10(9)13-14-11/h15H,3-8H2,1-2H3,(H,13,14). The fourth-order valence-electron chi connectivity index (χ4n) is 2.21. The molecular weight excluding hydrogens is 188 g/mol. The van der Waals surface area contributed by atoms with Crippen LogP contribution in [0.2, 0.25) is 0 Å². The quantitative estimate of drug-likeness (QED) is 0.796. The number of nitrogens with one attached hydrogen (secondary N) is 1. The maximum atomic E-state index is 9.26. The van der Waals surface area contributed by atoms with Crippen LogP contribution in [0, 0.1) is 5.41 Å².